The molecule has 1 amide bonds. The fourth-order valence-electron chi connectivity index (χ4n) is 2.22. The zero-order valence-electron chi connectivity index (χ0n) is 9.03. The second-order valence-corrected chi connectivity index (χ2v) is 3.94. The van der Waals surface area contributed by atoms with Crippen molar-refractivity contribution in [2.45, 2.75) is 19.9 Å². The third-order valence-corrected chi connectivity index (χ3v) is 3.04. The maximum absolute atomic E-state index is 12.0. The number of carbonyl (C=O) groups is 1. The standard InChI is InChI=1S/C12H15NO2/c1-8-4-3-5-10-9(2)13(6-7-14)12(15)11(8)10/h3-5,9,14H,6-7H2,1-2H3. The molecule has 0 aliphatic carbocycles. The molecular formula is C12H15NO2. The molecule has 1 aromatic rings. The largest absolute Gasteiger partial charge is 0.395 e. The molecule has 0 bridgehead atoms. The van der Waals surface area contributed by atoms with E-state index in [0.717, 1.165) is 16.7 Å². The summed E-state index contributed by atoms with van der Waals surface area (Å²) in [7, 11) is 0. The van der Waals surface area contributed by atoms with Gasteiger partial charge in [0.05, 0.1) is 12.6 Å². The number of fused-ring (bicyclic) bond motifs is 1. The van der Waals surface area contributed by atoms with Crippen LogP contribution in [0.5, 0.6) is 0 Å². The lowest BCUT2D eigenvalue weighted by molar-refractivity contribution is 0.0698. The number of aliphatic hydroxyl groups is 1. The summed E-state index contributed by atoms with van der Waals surface area (Å²) in [6.45, 7) is 4.38. The average Bonchev–Trinajstić information content (AvgIpc) is 2.45. The van der Waals surface area contributed by atoms with Crippen molar-refractivity contribution in [3.63, 3.8) is 0 Å². The van der Waals surface area contributed by atoms with E-state index in [1.807, 2.05) is 32.0 Å². The molecule has 0 saturated heterocycles. The van der Waals surface area contributed by atoms with Gasteiger partial charge in [-0.05, 0) is 25.0 Å². The maximum Gasteiger partial charge on any atom is 0.255 e. The molecule has 1 aliphatic heterocycles. The zero-order valence-corrected chi connectivity index (χ0v) is 9.03. The predicted octanol–water partition coefficient (Wildman–Crippen LogP) is 1.50. The molecule has 1 heterocycles. The molecule has 0 radical (unpaired) electrons. The van der Waals surface area contributed by atoms with Gasteiger partial charge < -0.3 is 10.0 Å². The Labute approximate surface area is 89.3 Å². The molecule has 2 rings (SSSR count). The molecule has 1 N–H and O–H groups in total. The number of hydrogen-bond acceptors (Lipinski definition) is 2. The zero-order chi connectivity index (χ0) is 11.0. The first kappa shape index (κ1) is 10.2. The second kappa shape index (κ2) is 3.66. The number of carbonyl (C=O) groups excluding carboxylic acids is 1. The second-order valence-electron chi connectivity index (χ2n) is 3.94. The molecule has 80 valence electrons. The van der Waals surface area contributed by atoms with Gasteiger partial charge in [0, 0.05) is 12.1 Å². The van der Waals surface area contributed by atoms with Crippen molar-refractivity contribution in [3.8, 4) is 0 Å². The lowest BCUT2D eigenvalue weighted by Gasteiger charge is -2.20. The lowest BCUT2D eigenvalue weighted by atomic mass is 10.0. The summed E-state index contributed by atoms with van der Waals surface area (Å²) >= 11 is 0. The van der Waals surface area contributed by atoms with Crippen molar-refractivity contribution in [1.82, 2.24) is 4.90 Å². The SMILES string of the molecule is Cc1cccc2c1C(=O)N(CCO)C2C. The fourth-order valence-corrected chi connectivity index (χ4v) is 2.22. The molecule has 0 fully saturated rings. The fraction of sp³-hybridized carbons (Fsp3) is 0.417. The molecule has 1 aromatic carbocycles. The highest BCUT2D eigenvalue weighted by Crippen LogP contribution is 2.34. The van der Waals surface area contributed by atoms with E-state index < -0.39 is 0 Å². The number of aryl methyl sites for hydroxylation is 1. The van der Waals surface area contributed by atoms with E-state index in [2.05, 4.69) is 0 Å². The van der Waals surface area contributed by atoms with Crippen molar-refractivity contribution in [1.29, 1.82) is 0 Å². The Morgan fingerprint density at radius 2 is 2.20 bits per heavy atom. The molecule has 15 heavy (non-hydrogen) atoms. The highest BCUT2D eigenvalue weighted by molar-refractivity contribution is 6.00. The smallest absolute Gasteiger partial charge is 0.255 e. The number of rotatable bonds is 2. The Hall–Kier alpha value is -1.35. The summed E-state index contributed by atoms with van der Waals surface area (Å²) in [5.74, 6) is 0.0460. The number of hydrogen-bond donors (Lipinski definition) is 1. The van der Waals surface area contributed by atoms with Crippen LogP contribution in [0.25, 0.3) is 0 Å². The van der Waals surface area contributed by atoms with Crippen LogP contribution in [0.1, 0.15) is 34.5 Å². The number of benzene rings is 1. The average molecular weight is 205 g/mol. The van der Waals surface area contributed by atoms with Gasteiger partial charge in [0.1, 0.15) is 0 Å². The van der Waals surface area contributed by atoms with Crippen LogP contribution in [-0.4, -0.2) is 29.1 Å². The summed E-state index contributed by atoms with van der Waals surface area (Å²) < 4.78 is 0. The van der Waals surface area contributed by atoms with Gasteiger partial charge in [-0.25, -0.2) is 0 Å². The third-order valence-electron chi connectivity index (χ3n) is 3.04. The van der Waals surface area contributed by atoms with Gasteiger partial charge >= 0.3 is 0 Å². The van der Waals surface area contributed by atoms with Gasteiger partial charge in [0.25, 0.3) is 5.91 Å². The van der Waals surface area contributed by atoms with Crippen molar-refractivity contribution in [2.75, 3.05) is 13.2 Å². The first-order valence-corrected chi connectivity index (χ1v) is 5.18. The van der Waals surface area contributed by atoms with E-state index in [4.69, 9.17) is 5.11 Å². The van der Waals surface area contributed by atoms with Crippen molar-refractivity contribution in [3.05, 3.63) is 34.9 Å². The maximum atomic E-state index is 12.0. The van der Waals surface area contributed by atoms with Crippen molar-refractivity contribution in [2.24, 2.45) is 0 Å². The van der Waals surface area contributed by atoms with Crippen LogP contribution < -0.4 is 0 Å². The van der Waals surface area contributed by atoms with Gasteiger partial charge in [0.2, 0.25) is 0 Å². The summed E-state index contributed by atoms with van der Waals surface area (Å²) in [6.07, 6.45) is 0. The summed E-state index contributed by atoms with van der Waals surface area (Å²) in [4.78, 5) is 13.8. The summed E-state index contributed by atoms with van der Waals surface area (Å²) in [5.41, 5.74) is 2.91. The van der Waals surface area contributed by atoms with E-state index in [-0.39, 0.29) is 18.6 Å². The summed E-state index contributed by atoms with van der Waals surface area (Å²) in [6, 6.07) is 5.99. The Morgan fingerprint density at radius 3 is 2.80 bits per heavy atom. The topological polar surface area (TPSA) is 40.5 Å². The first-order valence-electron chi connectivity index (χ1n) is 5.18. The Balaban J connectivity index is 2.46. The van der Waals surface area contributed by atoms with E-state index >= 15 is 0 Å². The van der Waals surface area contributed by atoms with Crippen LogP contribution in [0.3, 0.4) is 0 Å². The lowest BCUT2D eigenvalue weighted by Crippen LogP contribution is -2.29. The van der Waals surface area contributed by atoms with Crippen LogP contribution in [0.4, 0.5) is 0 Å². The highest BCUT2D eigenvalue weighted by Gasteiger charge is 2.33. The van der Waals surface area contributed by atoms with Crippen molar-refractivity contribution >= 4 is 5.91 Å². The molecule has 3 heteroatoms. The highest BCUT2D eigenvalue weighted by atomic mass is 16.3. The monoisotopic (exact) mass is 205 g/mol. The van der Waals surface area contributed by atoms with Gasteiger partial charge in [-0.1, -0.05) is 18.2 Å². The molecule has 0 aromatic heterocycles. The Morgan fingerprint density at radius 1 is 1.47 bits per heavy atom. The number of amides is 1. The molecule has 3 nitrogen and oxygen atoms in total. The predicted molar refractivity (Wildman–Crippen MR) is 57.7 cm³/mol. The normalized spacial score (nSPS) is 19.5. The number of β-amino-alcohol motifs (C(OH)–C–C–N with tert-alkyl or cyclic N) is 1. The molecule has 1 unspecified atom stereocenters. The Bertz CT molecular complexity index is 401. The molecule has 1 atom stereocenters. The molecule has 0 saturated carbocycles. The van der Waals surface area contributed by atoms with E-state index in [1.54, 1.807) is 4.90 Å². The van der Waals surface area contributed by atoms with E-state index in [0.29, 0.717) is 6.54 Å². The van der Waals surface area contributed by atoms with Crippen LogP contribution in [0.15, 0.2) is 18.2 Å². The minimum absolute atomic E-state index is 0.0170. The quantitative estimate of drug-likeness (QED) is 0.795. The number of aliphatic hydroxyl groups excluding tert-OH is 1. The van der Waals surface area contributed by atoms with Crippen LogP contribution in [0.2, 0.25) is 0 Å². The molecule has 1 aliphatic rings. The van der Waals surface area contributed by atoms with E-state index in [1.165, 1.54) is 0 Å². The molecule has 0 spiro atoms. The first-order chi connectivity index (χ1) is 7.16. The van der Waals surface area contributed by atoms with Gasteiger partial charge in [0.15, 0.2) is 0 Å². The molecular weight excluding hydrogens is 190 g/mol. The van der Waals surface area contributed by atoms with Crippen LogP contribution in [-0.2, 0) is 0 Å². The van der Waals surface area contributed by atoms with Gasteiger partial charge in [-0.2, -0.15) is 0 Å². The van der Waals surface area contributed by atoms with Crippen LogP contribution >= 0.6 is 0 Å². The Kier molecular flexibility index (Phi) is 2.49. The third kappa shape index (κ3) is 1.43. The van der Waals surface area contributed by atoms with Gasteiger partial charge in [-0.3, -0.25) is 4.79 Å². The number of nitrogens with zero attached hydrogens (tertiary/aromatic N) is 1. The minimum Gasteiger partial charge on any atom is -0.395 e. The van der Waals surface area contributed by atoms with Crippen LogP contribution in [0, 0.1) is 6.92 Å². The van der Waals surface area contributed by atoms with Crippen molar-refractivity contribution < 1.29 is 9.90 Å². The summed E-state index contributed by atoms with van der Waals surface area (Å²) in [5, 5.41) is 8.92. The van der Waals surface area contributed by atoms with E-state index in [9.17, 15) is 4.79 Å². The minimum atomic E-state index is 0.0170. The van der Waals surface area contributed by atoms with Gasteiger partial charge in [-0.15, -0.1) is 0 Å².